The Hall–Kier alpha value is -1.03. The van der Waals surface area contributed by atoms with E-state index in [0.717, 1.165) is 28.2 Å². The maximum Gasteiger partial charge on any atom is 0.123 e. The zero-order chi connectivity index (χ0) is 14.8. The van der Waals surface area contributed by atoms with Gasteiger partial charge < -0.3 is 10.1 Å². The molecule has 0 saturated carbocycles. The molecule has 3 rings (SSSR count). The van der Waals surface area contributed by atoms with E-state index in [0.29, 0.717) is 0 Å². The Morgan fingerprint density at radius 2 is 2.05 bits per heavy atom. The molecule has 110 valence electrons. The zero-order valence-electron chi connectivity index (χ0n) is 11.8. The molecule has 0 aromatic heterocycles. The van der Waals surface area contributed by atoms with E-state index in [1.54, 1.807) is 0 Å². The molecule has 4 heteroatoms. The van der Waals surface area contributed by atoms with Crippen LogP contribution in [0.15, 0.2) is 46.9 Å². The van der Waals surface area contributed by atoms with Crippen molar-refractivity contribution in [2.75, 3.05) is 6.54 Å². The Morgan fingerprint density at radius 1 is 1.29 bits per heavy atom. The van der Waals surface area contributed by atoms with Crippen molar-refractivity contribution < 1.29 is 4.74 Å². The number of hydrogen-bond donors (Lipinski definition) is 1. The summed E-state index contributed by atoms with van der Waals surface area (Å²) in [6.45, 7) is 2.98. The summed E-state index contributed by atoms with van der Waals surface area (Å²) in [4.78, 5) is 0. The van der Waals surface area contributed by atoms with Crippen LogP contribution in [-0.4, -0.2) is 12.6 Å². The van der Waals surface area contributed by atoms with Crippen molar-refractivity contribution in [1.29, 1.82) is 0 Å². The van der Waals surface area contributed by atoms with Crippen molar-refractivity contribution in [3.8, 4) is 5.75 Å². The molecule has 1 aliphatic rings. The maximum atomic E-state index is 5.96. The van der Waals surface area contributed by atoms with E-state index in [-0.39, 0.29) is 12.1 Å². The maximum absolute atomic E-state index is 5.96. The summed E-state index contributed by atoms with van der Waals surface area (Å²) in [6.07, 6.45) is 1.15. The lowest BCUT2D eigenvalue weighted by molar-refractivity contribution is 0.222. The molecule has 0 radical (unpaired) electrons. The molecule has 1 N–H and O–H groups in total. The van der Waals surface area contributed by atoms with Gasteiger partial charge in [-0.1, -0.05) is 39.7 Å². The number of nitrogens with one attached hydrogen (secondary N) is 1. The lowest BCUT2D eigenvalue weighted by atomic mass is 10.1. The molecule has 0 saturated heterocycles. The first-order valence-corrected chi connectivity index (χ1v) is 8.23. The van der Waals surface area contributed by atoms with Crippen molar-refractivity contribution in [2.24, 2.45) is 0 Å². The fourth-order valence-electron chi connectivity index (χ4n) is 2.58. The van der Waals surface area contributed by atoms with Crippen LogP contribution in [-0.2, 0) is 6.42 Å². The molecule has 2 atom stereocenters. The molecule has 0 fully saturated rings. The molecule has 2 aromatic carbocycles. The average Bonchev–Trinajstić information content (AvgIpc) is 2.87. The van der Waals surface area contributed by atoms with Gasteiger partial charge in [-0.05, 0) is 48.4 Å². The van der Waals surface area contributed by atoms with Gasteiger partial charge in [-0.25, -0.2) is 0 Å². The van der Waals surface area contributed by atoms with E-state index >= 15 is 0 Å². The highest BCUT2D eigenvalue weighted by atomic mass is 79.9. The van der Waals surface area contributed by atoms with Crippen LogP contribution < -0.4 is 10.1 Å². The first-order chi connectivity index (χ1) is 10.1. The largest absolute Gasteiger partial charge is 0.488 e. The SMILES string of the molecule is C[C@@H](NCC1Cc2cc(Br)ccc2O1)c1ccc(Cl)cc1. The third-order valence-corrected chi connectivity index (χ3v) is 4.53. The molecule has 0 bridgehead atoms. The molecule has 2 aromatic rings. The second-order valence-electron chi connectivity index (χ2n) is 5.38. The summed E-state index contributed by atoms with van der Waals surface area (Å²) >= 11 is 9.42. The van der Waals surface area contributed by atoms with Crippen molar-refractivity contribution in [1.82, 2.24) is 5.32 Å². The quantitative estimate of drug-likeness (QED) is 0.842. The molecule has 0 amide bonds. The second kappa shape index (κ2) is 6.39. The van der Waals surface area contributed by atoms with Crippen molar-refractivity contribution >= 4 is 27.5 Å². The van der Waals surface area contributed by atoms with Crippen LogP contribution in [0.4, 0.5) is 0 Å². The van der Waals surface area contributed by atoms with Gasteiger partial charge >= 0.3 is 0 Å². The molecular formula is C17H17BrClNO. The van der Waals surface area contributed by atoms with E-state index in [1.165, 1.54) is 11.1 Å². The van der Waals surface area contributed by atoms with E-state index in [1.807, 2.05) is 24.3 Å². The lowest BCUT2D eigenvalue weighted by Gasteiger charge is -2.17. The second-order valence-corrected chi connectivity index (χ2v) is 6.73. The number of rotatable bonds is 4. The lowest BCUT2D eigenvalue weighted by Crippen LogP contribution is -2.31. The van der Waals surface area contributed by atoms with Gasteiger partial charge in [-0.3, -0.25) is 0 Å². The molecule has 1 heterocycles. The Bertz CT molecular complexity index is 629. The topological polar surface area (TPSA) is 21.3 Å². The summed E-state index contributed by atoms with van der Waals surface area (Å²) in [7, 11) is 0. The smallest absolute Gasteiger partial charge is 0.123 e. The molecule has 0 aliphatic carbocycles. The minimum atomic E-state index is 0.198. The van der Waals surface area contributed by atoms with Gasteiger partial charge in [0.15, 0.2) is 0 Å². The van der Waals surface area contributed by atoms with E-state index in [2.05, 4.69) is 46.4 Å². The van der Waals surface area contributed by atoms with Crippen LogP contribution >= 0.6 is 27.5 Å². The minimum Gasteiger partial charge on any atom is -0.488 e. The van der Waals surface area contributed by atoms with Crippen LogP contribution in [0.3, 0.4) is 0 Å². The number of benzene rings is 2. The Labute approximate surface area is 138 Å². The molecule has 2 nitrogen and oxygen atoms in total. The highest BCUT2D eigenvalue weighted by Crippen LogP contribution is 2.31. The van der Waals surface area contributed by atoms with Crippen LogP contribution in [0, 0.1) is 0 Å². The van der Waals surface area contributed by atoms with Gasteiger partial charge in [0.2, 0.25) is 0 Å². The third-order valence-electron chi connectivity index (χ3n) is 3.79. The number of ether oxygens (including phenoxy) is 1. The molecular weight excluding hydrogens is 350 g/mol. The summed E-state index contributed by atoms with van der Waals surface area (Å²) in [5, 5.41) is 4.30. The number of fused-ring (bicyclic) bond motifs is 1. The first-order valence-electron chi connectivity index (χ1n) is 7.06. The predicted octanol–water partition coefficient (Wildman–Crippen LogP) is 4.76. The van der Waals surface area contributed by atoms with Gasteiger partial charge in [-0.15, -0.1) is 0 Å². The summed E-state index contributed by atoms with van der Waals surface area (Å²) in [5.74, 6) is 1.00. The fourth-order valence-corrected chi connectivity index (χ4v) is 3.11. The van der Waals surface area contributed by atoms with Crippen LogP contribution in [0.25, 0.3) is 0 Å². The molecule has 21 heavy (non-hydrogen) atoms. The summed E-state index contributed by atoms with van der Waals surface area (Å²) < 4.78 is 7.07. The standard InChI is InChI=1S/C17H17BrClNO/c1-11(12-2-5-15(19)6-3-12)20-10-16-9-13-8-14(18)4-7-17(13)21-16/h2-8,11,16,20H,9-10H2,1H3/t11-,16?/m1/s1. The Kier molecular flexibility index (Phi) is 4.53. The van der Waals surface area contributed by atoms with Gasteiger partial charge in [0.05, 0.1) is 0 Å². The Balaban J connectivity index is 1.56. The molecule has 0 spiro atoms. The van der Waals surface area contributed by atoms with Crippen LogP contribution in [0.1, 0.15) is 24.1 Å². The average molecular weight is 367 g/mol. The van der Waals surface area contributed by atoms with Crippen LogP contribution in [0.5, 0.6) is 5.75 Å². The first kappa shape index (κ1) is 14.9. The fraction of sp³-hybridized carbons (Fsp3) is 0.294. The van der Waals surface area contributed by atoms with Crippen molar-refractivity contribution in [3.05, 3.63) is 63.1 Å². The monoisotopic (exact) mass is 365 g/mol. The van der Waals surface area contributed by atoms with Crippen molar-refractivity contribution in [3.63, 3.8) is 0 Å². The van der Waals surface area contributed by atoms with Crippen LogP contribution in [0.2, 0.25) is 5.02 Å². The van der Waals surface area contributed by atoms with E-state index in [4.69, 9.17) is 16.3 Å². The highest BCUT2D eigenvalue weighted by molar-refractivity contribution is 9.10. The normalized spacial score (nSPS) is 18.1. The van der Waals surface area contributed by atoms with Gasteiger partial charge in [0.25, 0.3) is 0 Å². The molecule has 1 aliphatic heterocycles. The zero-order valence-corrected chi connectivity index (χ0v) is 14.1. The van der Waals surface area contributed by atoms with Gasteiger partial charge in [0.1, 0.15) is 11.9 Å². The minimum absolute atomic E-state index is 0.198. The Morgan fingerprint density at radius 3 is 2.81 bits per heavy atom. The van der Waals surface area contributed by atoms with Gasteiger partial charge in [-0.2, -0.15) is 0 Å². The van der Waals surface area contributed by atoms with E-state index in [9.17, 15) is 0 Å². The van der Waals surface area contributed by atoms with Crippen molar-refractivity contribution in [2.45, 2.75) is 25.5 Å². The molecule has 1 unspecified atom stereocenters. The van der Waals surface area contributed by atoms with E-state index < -0.39 is 0 Å². The predicted molar refractivity (Wildman–Crippen MR) is 90.1 cm³/mol. The summed E-state index contributed by atoms with van der Waals surface area (Å²) in [6, 6.07) is 14.4. The van der Waals surface area contributed by atoms with Gasteiger partial charge in [0, 0.05) is 28.5 Å². The summed E-state index contributed by atoms with van der Waals surface area (Å²) in [5.41, 5.74) is 2.51. The highest BCUT2D eigenvalue weighted by Gasteiger charge is 2.23. The number of halogens is 2. The third kappa shape index (κ3) is 3.60. The number of hydrogen-bond acceptors (Lipinski definition) is 2.